The van der Waals surface area contributed by atoms with E-state index in [1.807, 2.05) is 24.3 Å². The molecule has 0 saturated carbocycles. The molecule has 4 nitrogen and oxygen atoms in total. The van der Waals surface area contributed by atoms with Gasteiger partial charge in [-0.2, -0.15) is 13.2 Å². The second-order valence-corrected chi connectivity index (χ2v) is 6.88. The molecule has 0 saturated heterocycles. The molecule has 4 aromatic rings. The highest BCUT2D eigenvalue weighted by Crippen LogP contribution is 2.36. The number of rotatable bonds is 5. The summed E-state index contributed by atoms with van der Waals surface area (Å²) in [7, 11) is 0. The van der Waals surface area contributed by atoms with Gasteiger partial charge in [-0.1, -0.05) is 54.6 Å². The van der Waals surface area contributed by atoms with Gasteiger partial charge in [-0.25, -0.2) is 4.98 Å². The highest BCUT2D eigenvalue weighted by molar-refractivity contribution is 5.80. The van der Waals surface area contributed by atoms with Crippen LogP contribution in [0, 0.1) is 0 Å². The first kappa shape index (κ1) is 19.7. The van der Waals surface area contributed by atoms with Gasteiger partial charge < -0.3 is 9.88 Å². The number of aromatic nitrogens is 2. The van der Waals surface area contributed by atoms with Gasteiger partial charge in [0.25, 0.3) is 0 Å². The van der Waals surface area contributed by atoms with E-state index >= 15 is 0 Å². The van der Waals surface area contributed by atoms with Crippen LogP contribution in [0.15, 0.2) is 79.1 Å². The molecule has 30 heavy (non-hydrogen) atoms. The van der Waals surface area contributed by atoms with Gasteiger partial charge in [-0.05, 0) is 34.9 Å². The first-order valence-corrected chi connectivity index (χ1v) is 9.34. The number of para-hydroxylation sites is 2. The van der Waals surface area contributed by atoms with Crippen LogP contribution in [0.25, 0.3) is 22.2 Å². The number of halogens is 3. The van der Waals surface area contributed by atoms with Crippen molar-refractivity contribution in [2.24, 2.45) is 0 Å². The van der Waals surface area contributed by atoms with Crippen LogP contribution < -0.4 is 5.32 Å². The second kappa shape index (κ2) is 8.02. The van der Waals surface area contributed by atoms with Crippen LogP contribution in [-0.2, 0) is 24.1 Å². The molecule has 7 heteroatoms. The molecule has 1 N–H and O–H groups in total. The van der Waals surface area contributed by atoms with Gasteiger partial charge in [-0.15, -0.1) is 0 Å². The summed E-state index contributed by atoms with van der Waals surface area (Å²) in [5.41, 5.74) is 2.43. The molecule has 0 radical (unpaired) electrons. The Morgan fingerprint density at radius 2 is 1.63 bits per heavy atom. The fourth-order valence-electron chi connectivity index (χ4n) is 3.33. The van der Waals surface area contributed by atoms with E-state index in [9.17, 15) is 18.0 Å². The van der Waals surface area contributed by atoms with Crippen LogP contribution in [0.3, 0.4) is 0 Å². The molecular formula is C23H18F3N3O. The fourth-order valence-corrected chi connectivity index (χ4v) is 3.33. The van der Waals surface area contributed by atoms with E-state index in [1.54, 1.807) is 41.2 Å². The van der Waals surface area contributed by atoms with Crippen LogP contribution in [0.2, 0.25) is 0 Å². The summed E-state index contributed by atoms with van der Waals surface area (Å²) in [6, 6.07) is 19.7. The number of nitrogens with one attached hydrogen (secondary N) is 1. The minimum atomic E-state index is -4.42. The molecule has 0 aliphatic heterocycles. The molecule has 1 aromatic heterocycles. The highest BCUT2D eigenvalue weighted by atomic mass is 19.4. The summed E-state index contributed by atoms with van der Waals surface area (Å²) in [5, 5.41) is 2.83. The molecule has 0 aliphatic rings. The van der Waals surface area contributed by atoms with E-state index in [4.69, 9.17) is 0 Å². The zero-order valence-corrected chi connectivity index (χ0v) is 15.9. The standard InChI is InChI=1S/C23H18F3N3O/c24-23(25,26)19-6-2-1-5-18(19)17-11-9-16(10-12-17)13-27-22(30)14-29-15-28-20-7-3-4-8-21(20)29/h1-12,15H,13-14H2,(H,27,30). The van der Waals surface area contributed by atoms with Gasteiger partial charge in [0, 0.05) is 6.54 Å². The van der Waals surface area contributed by atoms with Crippen LogP contribution in [0.1, 0.15) is 11.1 Å². The summed E-state index contributed by atoms with van der Waals surface area (Å²) in [4.78, 5) is 16.5. The minimum Gasteiger partial charge on any atom is -0.350 e. The third kappa shape index (κ3) is 4.20. The van der Waals surface area contributed by atoms with Crippen molar-refractivity contribution in [3.8, 4) is 11.1 Å². The summed E-state index contributed by atoms with van der Waals surface area (Å²) in [6.07, 6.45) is -2.79. The molecule has 3 aromatic carbocycles. The lowest BCUT2D eigenvalue weighted by Crippen LogP contribution is -2.26. The fraction of sp³-hybridized carbons (Fsp3) is 0.130. The van der Waals surface area contributed by atoms with Crippen LogP contribution in [0.4, 0.5) is 13.2 Å². The van der Waals surface area contributed by atoms with E-state index in [-0.39, 0.29) is 24.6 Å². The van der Waals surface area contributed by atoms with E-state index in [0.717, 1.165) is 22.7 Å². The maximum Gasteiger partial charge on any atom is 0.417 e. The van der Waals surface area contributed by atoms with Crippen LogP contribution in [0.5, 0.6) is 0 Å². The molecule has 152 valence electrons. The second-order valence-electron chi connectivity index (χ2n) is 6.88. The van der Waals surface area contributed by atoms with Crippen molar-refractivity contribution >= 4 is 16.9 Å². The number of fused-ring (bicyclic) bond motifs is 1. The monoisotopic (exact) mass is 409 g/mol. The molecule has 0 bridgehead atoms. The lowest BCUT2D eigenvalue weighted by atomic mass is 9.98. The Labute approximate surface area is 171 Å². The number of carbonyl (C=O) groups excluding carboxylic acids is 1. The number of hydrogen-bond donors (Lipinski definition) is 1. The van der Waals surface area contributed by atoms with Crippen molar-refractivity contribution in [1.82, 2.24) is 14.9 Å². The molecule has 1 amide bonds. The third-order valence-electron chi connectivity index (χ3n) is 4.83. The smallest absolute Gasteiger partial charge is 0.350 e. The molecule has 0 aliphatic carbocycles. The summed E-state index contributed by atoms with van der Waals surface area (Å²) in [6.45, 7) is 0.421. The first-order valence-electron chi connectivity index (χ1n) is 9.34. The maximum atomic E-state index is 13.2. The number of carbonyl (C=O) groups is 1. The molecule has 0 unspecified atom stereocenters. The van der Waals surface area contributed by atoms with E-state index in [1.165, 1.54) is 12.1 Å². The van der Waals surface area contributed by atoms with Crippen molar-refractivity contribution in [3.05, 3.63) is 90.3 Å². The van der Waals surface area contributed by atoms with Crippen LogP contribution >= 0.6 is 0 Å². The topological polar surface area (TPSA) is 46.9 Å². The van der Waals surface area contributed by atoms with Gasteiger partial charge in [-0.3, -0.25) is 4.79 Å². The van der Waals surface area contributed by atoms with Gasteiger partial charge >= 0.3 is 6.18 Å². The van der Waals surface area contributed by atoms with Crippen molar-refractivity contribution < 1.29 is 18.0 Å². The van der Waals surface area contributed by atoms with Gasteiger partial charge in [0.05, 0.1) is 22.9 Å². The number of amides is 1. The molecule has 0 fully saturated rings. The predicted molar refractivity (Wildman–Crippen MR) is 108 cm³/mol. The van der Waals surface area contributed by atoms with Crippen molar-refractivity contribution in [2.45, 2.75) is 19.3 Å². The third-order valence-corrected chi connectivity index (χ3v) is 4.83. The minimum absolute atomic E-state index is 0.132. The average molecular weight is 409 g/mol. The Balaban J connectivity index is 1.41. The summed E-state index contributed by atoms with van der Waals surface area (Å²) < 4.78 is 41.4. The molecule has 4 rings (SSSR count). The van der Waals surface area contributed by atoms with Gasteiger partial charge in [0.1, 0.15) is 6.54 Å². The van der Waals surface area contributed by atoms with Crippen molar-refractivity contribution in [2.75, 3.05) is 0 Å². The highest BCUT2D eigenvalue weighted by Gasteiger charge is 2.33. The number of benzene rings is 3. The normalized spacial score (nSPS) is 11.6. The van der Waals surface area contributed by atoms with Crippen LogP contribution in [-0.4, -0.2) is 15.5 Å². The lowest BCUT2D eigenvalue weighted by Gasteiger charge is -2.13. The molecule has 1 heterocycles. The largest absolute Gasteiger partial charge is 0.417 e. The number of hydrogen-bond acceptors (Lipinski definition) is 2. The average Bonchev–Trinajstić information content (AvgIpc) is 3.15. The molecule has 0 spiro atoms. The Kier molecular flexibility index (Phi) is 5.27. The zero-order valence-electron chi connectivity index (χ0n) is 15.9. The maximum absolute atomic E-state index is 13.2. The molecule has 0 atom stereocenters. The van der Waals surface area contributed by atoms with Crippen molar-refractivity contribution in [3.63, 3.8) is 0 Å². The van der Waals surface area contributed by atoms with E-state index in [2.05, 4.69) is 10.3 Å². The quantitative estimate of drug-likeness (QED) is 0.502. The summed E-state index contributed by atoms with van der Waals surface area (Å²) in [5.74, 6) is -0.176. The van der Waals surface area contributed by atoms with E-state index in [0.29, 0.717) is 5.56 Å². The number of nitrogens with zero attached hydrogens (tertiary/aromatic N) is 2. The Morgan fingerprint density at radius 1 is 0.933 bits per heavy atom. The Morgan fingerprint density at radius 3 is 2.40 bits per heavy atom. The number of imidazole rings is 1. The van der Waals surface area contributed by atoms with Gasteiger partial charge in [0.15, 0.2) is 0 Å². The zero-order chi connectivity index (χ0) is 21.1. The summed E-state index contributed by atoms with van der Waals surface area (Å²) >= 11 is 0. The van der Waals surface area contributed by atoms with E-state index < -0.39 is 11.7 Å². The van der Waals surface area contributed by atoms with Crippen molar-refractivity contribution in [1.29, 1.82) is 0 Å². The molecular weight excluding hydrogens is 391 g/mol. The number of alkyl halides is 3. The Hall–Kier alpha value is -3.61. The van der Waals surface area contributed by atoms with Gasteiger partial charge in [0.2, 0.25) is 5.91 Å². The Bertz CT molecular complexity index is 1180. The lowest BCUT2D eigenvalue weighted by molar-refractivity contribution is -0.137. The SMILES string of the molecule is O=C(Cn1cnc2ccccc21)NCc1ccc(-c2ccccc2C(F)(F)F)cc1. The first-order chi connectivity index (χ1) is 14.4. The predicted octanol–water partition coefficient (Wildman–Crippen LogP) is 5.04.